The molecule has 0 amide bonds. The number of hydrogen-bond donors (Lipinski definition) is 1. The lowest BCUT2D eigenvalue weighted by atomic mass is 10.2. The number of nitrogens with one attached hydrogen (secondary N) is 1. The van der Waals surface area contributed by atoms with Gasteiger partial charge in [-0.3, -0.25) is 19.4 Å². The monoisotopic (exact) mass is 337 g/mol. The Morgan fingerprint density at radius 3 is 2.96 bits per heavy atom. The highest BCUT2D eigenvalue weighted by atomic mass is 32.1. The number of aromatic nitrogens is 5. The van der Waals surface area contributed by atoms with Gasteiger partial charge in [-0.25, -0.2) is 4.98 Å². The van der Waals surface area contributed by atoms with Gasteiger partial charge in [-0.1, -0.05) is 0 Å². The minimum atomic E-state index is 0.00315. The number of thiazole rings is 1. The van der Waals surface area contributed by atoms with Crippen molar-refractivity contribution in [3.8, 4) is 21.1 Å². The van der Waals surface area contributed by atoms with E-state index in [-0.39, 0.29) is 5.56 Å². The number of hydrogen-bond acceptors (Lipinski definition) is 5. The molecule has 0 atom stereocenters. The second-order valence-electron chi connectivity index (χ2n) is 5.48. The van der Waals surface area contributed by atoms with Gasteiger partial charge in [0.25, 0.3) is 5.56 Å². The lowest BCUT2D eigenvalue weighted by molar-refractivity contribution is 0.742. The van der Waals surface area contributed by atoms with Crippen LogP contribution < -0.4 is 5.56 Å². The number of nitrogens with zero attached hydrogens (tertiary/aromatic N) is 4. The maximum Gasteiger partial charge on any atom is 0.255 e. The summed E-state index contributed by atoms with van der Waals surface area (Å²) in [6, 6.07) is 5.77. The molecule has 4 aromatic rings. The zero-order valence-electron chi connectivity index (χ0n) is 13.3. The molecule has 0 spiro atoms. The molecule has 24 heavy (non-hydrogen) atoms. The van der Waals surface area contributed by atoms with Crippen LogP contribution in [0.25, 0.3) is 32.2 Å². The van der Waals surface area contributed by atoms with Crippen LogP contribution in [0, 0.1) is 6.92 Å². The van der Waals surface area contributed by atoms with Crippen molar-refractivity contribution >= 4 is 22.4 Å². The normalized spacial score (nSPS) is 11.2. The van der Waals surface area contributed by atoms with Crippen LogP contribution in [0.2, 0.25) is 0 Å². The summed E-state index contributed by atoms with van der Waals surface area (Å²) in [6.07, 6.45) is 5.37. The Morgan fingerprint density at radius 2 is 2.21 bits per heavy atom. The summed E-state index contributed by atoms with van der Waals surface area (Å²) in [5.41, 5.74) is 3.27. The summed E-state index contributed by atoms with van der Waals surface area (Å²) in [5, 5.41) is 9.27. The molecule has 0 aliphatic carbocycles. The lowest BCUT2D eigenvalue weighted by Crippen LogP contribution is -2.21. The fourth-order valence-electron chi connectivity index (χ4n) is 2.76. The van der Waals surface area contributed by atoms with E-state index < -0.39 is 0 Å². The van der Waals surface area contributed by atoms with Crippen LogP contribution in [0.4, 0.5) is 0 Å². The molecule has 1 N–H and O–H groups in total. The molecule has 0 aliphatic heterocycles. The van der Waals surface area contributed by atoms with Crippen molar-refractivity contribution in [1.29, 1.82) is 0 Å². The standard InChI is InChI=1S/C17H15N5OS/c1-3-22-15-12(7-10(2)17(22)23)14(20-21-15)13-9-19-16(24-13)11-5-4-6-18-8-11/h4-9H,3H2,1-2H3,(H,20,21). The smallest absolute Gasteiger partial charge is 0.255 e. The van der Waals surface area contributed by atoms with E-state index in [1.807, 2.05) is 38.2 Å². The van der Waals surface area contributed by atoms with Gasteiger partial charge in [0.15, 0.2) is 5.65 Å². The highest BCUT2D eigenvalue weighted by molar-refractivity contribution is 7.18. The van der Waals surface area contributed by atoms with Gasteiger partial charge in [-0.05, 0) is 32.0 Å². The molecule has 0 unspecified atom stereocenters. The molecule has 6 nitrogen and oxygen atoms in total. The summed E-state index contributed by atoms with van der Waals surface area (Å²) in [7, 11) is 0. The molecule has 7 heteroatoms. The maximum absolute atomic E-state index is 12.2. The predicted octanol–water partition coefficient (Wildman–Crippen LogP) is 3.24. The molecule has 0 bridgehead atoms. The van der Waals surface area contributed by atoms with Gasteiger partial charge in [0.05, 0.1) is 10.6 Å². The van der Waals surface area contributed by atoms with Crippen molar-refractivity contribution in [3.63, 3.8) is 0 Å². The summed E-state index contributed by atoms with van der Waals surface area (Å²) >= 11 is 1.57. The van der Waals surface area contributed by atoms with E-state index in [2.05, 4.69) is 20.2 Å². The van der Waals surface area contributed by atoms with Gasteiger partial charge in [-0.2, -0.15) is 5.10 Å². The van der Waals surface area contributed by atoms with Crippen LogP contribution in [0.5, 0.6) is 0 Å². The summed E-state index contributed by atoms with van der Waals surface area (Å²) in [5.74, 6) is 0. The van der Waals surface area contributed by atoms with E-state index in [0.29, 0.717) is 17.8 Å². The van der Waals surface area contributed by atoms with E-state index in [1.165, 1.54) is 0 Å². The molecular formula is C17H15N5OS. The topological polar surface area (TPSA) is 76.5 Å². The van der Waals surface area contributed by atoms with Crippen molar-refractivity contribution in [3.05, 3.63) is 52.7 Å². The first-order valence-electron chi connectivity index (χ1n) is 7.64. The second kappa shape index (κ2) is 5.68. The molecule has 0 aliphatic rings. The third-order valence-corrected chi connectivity index (χ3v) is 5.02. The fraction of sp³-hybridized carbons (Fsp3) is 0.176. The SMILES string of the molecule is CCn1c(=O)c(C)cc2c(-c3cnc(-c4cccnc4)s3)[nH]nc21. The summed E-state index contributed by atoms with van der Waals surface area (Å²) in [4.78, 5) is 21.9. The van der Waals surface area contributed by atoms with Gasteiger partial charge in [-0.15, -0.1) is 11.3 Å². The molecular weight excluding hydrogens is 322 g/mol. The van der Waals surface area contributed by atoms with Gasteiger partial charge in [0, 0.05) is 41.6 Å². The Balaban J connectivity index is 1.88. The number of aromatic amines is 1. The van der Waals surface area contributed by atoms with Crippen LogP contribution in [-0.4, -0.2) is 24.7 Å². The molecule has 4 rings (SSSR count). The summed E-state index contributed by atoms with van der Waals surface area (Å²) in [6.45, 7) is 4.37. The van der Waals surface area contributed by atoms with Crippen molar-refractivity contribution in [1.82, 2.24) is 24.7 Å². The number of rotatable bonds is 3. The van der Waals surface area contributed by atoms with E-state index >= 15 is 0 Å². The number of pyridine rings is 2. The highest BCUT2D eigenvalue weighted by Gasteiger charge is 2.16. The molecule has 120 valence electrons. The number of H-pyrrole nitrogens is 1. The van der Waals surface area contributed by atoms with Gasteiger partial charge >= 0.3 is 0 Å². The van der Waals surface area contributed by atoms with Gasteiger partial charge < -0.3 is 0 Å². The van der Waals surface area contributed by atoms with E-state index in [9.17, 15) is 4.79 Å². The summed E-state index contributed by atoms with van der Waals surface area (Å²) < 4.78 is 1.69. The Labute approximate surface area is 141 Å². The molecule has 4 heterocycles. The Kier molecular flexibility index (Phi) is 3.50. The lowest BCUT2D eigenvalue weighted by Gasteiger charge is -2.04. The maximum atomic E-state index is 12.2. The van der Waals surface area contributed by atoms with Crippen LogP contribution in [0.3, 0.4) is 0 Å². The van der Waals surface area contributed by atoms with Gasteiger partial charge in [0.1, 0.15) is 5.01 Å². The van der Waals surface area contributed by atoms with Crippen LogP contribution in [0.1, 0.15) is 12.5 Å². The Morgan fingerprint density at radius 1 is 1.33 bits per heavy atom. The predicted molar refractivity (Wildman–Crippen MR) is 95.1 cm³/mol. The van der Waals surface area contributed by atoms with Crippen molar-refractivity contribution < 1.29 is 0 Å². The molecule has 0 radical (unpaired) electrons. The fourth-order valence-corrected chi connectivity index (χ4v) is 3.68. The molecule has 0 saturated heterocycles. The molecule has 0 aromatic carbocycles. The highest BCUT2D eigenvalue weighted by Crippen LogP contribution is 2.34. The zero-order valence-corrected chi connectivity index (χ0v) is 14.1. The van der Waals surface area contributed by atoms with Crippen LogP contribution >= 0.6 is 11.3 Å². The van der Waals surface area contributed by atoms with E-state index in [1.54, 1.807) is 28.3 Å². The third kappa shape index (κ3) is 2.25. The van der Waals surface area contributed by atoms with Crippen LogP contribution in [-0.2, 0) is 6.54 Å². The first-order valence-corrected chi connectivity index (χ1v) is 8.45. The van der Waals surface area contributed by atoms with E-state index in [0.717, 1.165) is 26.5 Å². The van der Waals surface area contributed by atoms with Crippen LogP contribution in [0.15, 0.2) is 41.6 Å². The molecule has 4 aromatic heterocycles. The first kappa shape index (κ1) is 14.8. The Bertz CT molecular complexity index is 1080. The van der Waals surface area contributed by atoms with Crippen molar-refractivity contribution in [2.24, 2.45) is 0 Å². The average Bonchev–Trinajstić information content (AvgIpc) is 3.23. The quantitative estimate of drug-likeness (QED) is 0.622. The Hall–Kier alpha value is -2.80. The largest absolute Gasteiger partial charge is 0.291 e. The minimum absolute atomic E-state index is 0.00315. The zero-order chi connectivity index (χ0) is 16.7. The molecule has 0 saturated carbocycles. The first-order chi connectivity index (χ1) is 11.7. The number of aryl methyl sites for hydroxylation is 2. The minimum Gasteiger partial charge on any atom is -0.291 e. The third-order valence-electron chi connectivity index (χ3n) is 3.96. The van der Waals surface area contributed by atoms with Crippen molar-refractivity contribution in [2.75, 3.05) is 0 Å². The molecule has 0 fully saturated rings. The number of fused-ring (bicyclic) bond motifs is 1. The second-order valence-corrected chi connectivity index (χ2v) is 6.51. The van der Waals surface area contributed by atoms with Crippen molar-refractivity contribution in [2.45, 2.75) is 20.4 Å². The van der Waals surface area contributed by atoms with E-state index in [4.69, 9.17) is 0 Å². The van der Waals surface area contributed by atoms with Gasteiger partial charge in [0.2, 0.25) is 0 Å². The average molecular weight is 337 g/mol.